The number of aromatic hydroxyl groups is 1. The third kappa shape index (κ3) is 5.19. The number of hydrogen-bond acceptors (Lipinski definition) is 7. The lowest BCUT2D eigenvalue weighted by atomic mass is 10.1. The lowest BCUT2D eigenvalue weighted by Crippen LogP contribution is -2.25. The summed E-state index contributed by atoms with van der Waals surface area (Å²) in [7, 11) is 0. The van der Waals surface area contributed by atoms with Gasteiger partial charge in [0.2, 0.25) is 5.75 Å². The number of nitro benzene ring substituents is 1. The van der Waals surface area contributed by atoms with Gasteiger partial charge in [-0.05, 0) is 38.0 Å². The summed E-state index contributed by atoms with van der Waals surface area (Å²) in [6.07, 6.45) is 1.21. The maximum atomic E-state index is 11.9. The van der Waals surface area contributed by atoms with Crippen molar-refractivity contribution >= 4 is 17.8 Å². The Morgan fingerprint density at radius 3 is 2.57 bits per heavy atom. The maximum Gasteiger partial charge on any atom is 0.315 e. The molecule has 0 bridgehead atoms. The highest BCUT2D eigenvalue weighted by Gasteiger charge is 2.19. The number of nitrogens with one attached hydrogen (secondary N) is 1. The van der Waals surface area contributed by atoms with E-state index in [1.807, 2.05) is 32.0 Å². The monoisotopic (exact) mass is 387 g/mol. The minimum absolute atomic E-state index is 0.0390. The van der Waals surface area contributed by atoms with Gasteiger partial charge in [-0.2, -0.15) is 5.10 Å². The van der Waals surface area contributed by atoms with E-state index in [2.05, 4.69) is 10.5 Å². The SMILES string of the molecule is CCOc1cc(C=NNC(=O)COc2c(C)cccc2C)cc([N+](=O)[O-])c1O. The fraction of sp³-hybridized carbons (Fsp3) is 0.263. The smallest absolute Gasteiger partial charge is 0.315 e. The van der Waals surface area contributed by atoms with E-state index in [0.717, 1.165) is 17.2 Å². The van der Waals surface area contributed by atoms with Gasteiger partial charge in [0.15, 0.2) is 12.4 Å². The number of nitrogens with zero attached hydrogens (tertiary/aromatic N) is 2. The van der Waals surface area contributed by atoms with Crippen LogP contribution in [0.5, 0.6) is 17.2 Å². The standard InChI is InChI=1S/C19H21N3O6/c1-4-27-16-9-14(8-15(18(16)24)22(25)26)10-20-21-17(23)11-28-19-12(2)6-5-7-13(19)3/h5-10,24H,4,11H2,1-3H3,(H,21,23). The van der Waals surface area contributed by atoms with Gasteiger partial charge in [-0.25, -0.2) is 5.43 Å². The Morgan fingerprint density at radius 1 is 1.29 bits per heavy atom. The molecule has 1 amide bonds. The first-order chi connectivity index (χ1) is 13.3. The first-order valence-electron chi connectivity index (χ1n) is 8.48. The summed E-state index contributed by atoms with van der Waals surface area (Å²) in [4.78, 5) is 22.2. The highest BCUT2D eigenvalue weighted by molar-refractivity contribution is 5.85. The number of ether oxygens (including phenoxy) is 2. The number of nitro groups is 1. The van der Waals surface area contributed by atoms with Crippen LogP contribution in [-0.2, 0) is 4.79 Å². The van der Waals surface area contributed by atoms with E-state index in [1.54, 1.807) is 6.92 Å². The molecule has 0 aliphatic rings. The van der Waals surface area contributed by atoms with Crippen molar-refractivity contribution in [3.05, 3.63) is 57.1 Å². The van der Waals surface area contributed by atoms with Gasteiger partial charge >= 0.3 is 5.69 Å². The molecular formula is C19H21N3O6. The molecule has 0 saturated heterocycles. The molecule has 0 aliphatic heterocycles. The molecule has 2 aromatic carbocycles. The summed E-state index contributed by atoms with van der Waals surface area (Å²) in [6.45, 7) is 5.43. The number of amides is 1. The number of benzene rings is 2. The molecule has 2 aromatic rings. The Balaban J connectivity index is 2.03. The molecule has 0 unspecified atom stereocenters. The van der Waals surface area contributed by atoms with Crippen molar-refractivity contribution in [3.63, 3.8) is 0 Å². The van der Waals surface area contributed by atoms with Gasteiger partial charge in [0.25, 0.3) is 5.91 Å². The van der Waals surface area contributed by atoms with Gasteiger partial charge in [-0.1, -0.05) is 18.2 Å². The molecule has 0 saturated carbocycles. The number of hydrogen-bond donors (Lipinski definition) is 2. The predicted octanol–water partition coefficient (Wildman–Crippen LogP) is 2.85. The number of rotatable bonds is 8. The Hall–Kier alpha value is -3.62. The van der Waals surface area contributed by atoms with Crippen molar-refractivity contribution in [3.8, 4) is 17.2 Å². The van der Waals surface area contributed by atoms with Crippen LogP contribution in [0.1, 0.15) is 23.6 Å². The van der Waals surface area contributed by atoms with Crippen LogP contribution < -0.4 is 14.9 Å². The Bertz CT molecular complexity index is 891. The minimum atomic E-state index is -0.730. The van der Waals surface area contributed by atoms with Gasteiger partial charge in [0, 0.05) is 11.6 Å². The normalized spacial score (nSPS) is 10.7. The first kappa shape index (κ1) is 20.7. The number of phenolic OH excluding ortho intramolecular Hbond substituents is 1. The second kappa shape index (κ2) is 9.36. The van der Waals surface area contributed by atoms with Crippen molar-refractivity contribution in [1.29, 1.82) is 0 Å². The van der Waals surface area contributed by atoms with E-state index in [-0.39, 0.29) is 24.5 Å². The maximum absolute atomic E-state index is 11.9. The van der Waals surface area contributed by atoms with Crippen LogP contribution in [0.4, 0.5) is 5.69 Å². The molecule has 9 nitrogen and oxygen atoms in total. The Kier molecular flexibility index (Phi) is 6.91. The van der Waals surface area contributed by atoms with Gasteiger partial charge in [0.05, 0.1) is 17.7 Å². The molecule has 0 aliphatic carbocycles. The van der Waals surface area contributed by atoms with Crippen molar-refractivity contribution in [2.24, 2.45) is 5.10 Å². The molecule has 0 aromatic heterocycles. The highest BCUT2D eigenvalue weighted by Crippen LogP contribution is 2.36. The number of para-hydroxylation sites is 1. The summed E-state index contributed by atoms with van der Waals surface area (Å²) in [6, 6.07) is 8.17. The van der Waals surface area contributed by atoms with Crippen molar-refractivity contribution < 1.29 is 24.3 Å². The zero-order valence-electron chi connectivity index (χ0n) is 15.8. The molecule has 0 fully saturated rings. The lowest BCUT2D eigenvalue weighted by Gasteiger charge is -2.10. The second-order valence-electron chi connectivity index (χ2n) is 5.88. The van der Waals surface area contributed by atoms with E-state index in [4.69, 9.17) is 9.47 Å². The van der Waals surface area contributed by atoms with Crippen molar-refractivity contribution in [2.45, 2.75) is 20.8 Å². The van der Waals surface area contributed by atoms with Crippen LogP contribution in [0.25, 0.3) is 0 Å². The predicted molar refractivity (Wildman–Crippen MR) is 103 cm³/mol. The highest BCUT2D eigenvalue weighted by atomic mass is 16.6. The molecule has 28 heavy (non-hydrogen) atoms. The fourth-order valence-corrected chi connectivity index (χ4v) is 2.47. The van der Waals surface area contributed by atoms with E-state index < -0.39 is 22.3 Å². The Labute approximate surface area is 161 Å². The van der Waals surface area contributed by atoms with E-state index in [0.29, 0.717) is 5.75 Å². The first-order valence-corrected chi connectivity index (χ1v) is 8.48. The van der Waals surface area contributed by atoms with Crippen LogP contribution in [0.15, 0.2) is 35.4 Å². The van der Waals surface area contributed by atoms with Crippen LogP contribution in [-0.4, -0.2) is 35.4 Å². The molecule has 0 heterocycles. The van der Waals surface area contributed by atoms with E-state index in [1.165, 1.54) is 12.3 Å². The topological polar surface area (TPSA) is 123 Å². The summed E-state index contributed by atoms with van der Waals surface area (Å²) in [5, 5.41) is 24.7. The molecule has 0 spiro atoms. The van der Waals surface area contributed by atoms with Crippen LogP contribution >= 0.6 is 0 Å². The van der Waals surface area contributed by atoms with Gasteiger partial charge in [-0.15, -0.1) is 0 Å². The summed E-state index contributed by atoms with van der Waals surface area (Å²) in [5.74, 6) is -0.452. The third-order valence-electron chi connectivity index (χ3n) is 3.73. The number of phenols is 1. The zero-order valence-corrected chi connectivity index (χ0v) is 15.8. The van der Waals surface area contributed by atoms with Gasteiger partial charge in [-0.3, -0.25) is 14.9 Å². The fourth-order valence-electron chi connectivity index (χ4n) is 2.47. The quantitative estimate of drug-likeness (QED) is 0.408. The average molecular weight is 387 g/mol. The second-order valence-corrected chi connectivity index (χ2v) is 5.88. The molecule has 0 atom stereocenters. The number of hydrazone groups is 1. The largest absolute Gasteiger partial charge is 0.500 e. The third-order valence-corrected chi connectivity index (χ3v) is 3.73. The molecule has 2 N–H and O–H groups in total. The molecule has 9 heteroatoms. The van der Waals surface area contributed by atoms with E-state index in [9.17, 15) is 20.0 Å². The summed E-state index contributed by atoms with van der Waals surface area (Å²) >= 11 is 0. The van der Waals surface area contributed by atoms with E-state index >= 15 is 0 Å². The molecule has 2 rings (SSSR count). The molecule has 0 radical (unpaired) electrons. The molecule has 148 valence electrons. The zero-order chi connectivity index (χ0) is 20.7. The van der Waals surface area contributed by atoms with Gasteiger partial charge < -0.3 is 14.6 Å². The number of carbonyl (C=O) groups is 1. The minimum Gasteiger partial charge on any atom is -0.500 e. The van der Waals surface area contributed by atoms with Crippen molar-refractivity contribution in [2.75, 3.05) is 13.2 Å². The van der Waals surface area contributed by atoms with Gasteiger partial charge in [0.1, 0.15) is 5.75 Å². The molecular weight excluding hydrogens is 366 g/mol. The Morgan fingerprint density at radius 2 is 1.96 bits per heavy atom. The summed E-state index contributed by atoms with van der Waals surface area (Å²) in [5.41, 5.74) is 3.88. The summed E-state index contributed by atoms with van der Waals surface area (Å²) < 4.78 is 10.7. The van der Waals surface area contributed by atoms with Crippen LogP contribution in [0, 0.1) is 24.0 Å². The van der Waals surface area contributed by atoms with Crippen molar-refractivity contribution in [1.82, 2.24) is 5.43 Å². The lowest BCUT2D eigenvalue weighted by molar-refractivity contribution is -0.386. The number of aryl methyl sites for hydroxylation is 2. The van der Waals surface area contributed by atoms with Crippen LogP contribution in [0.2, 0.25) is 0 Å². The van der Waals surface area contributed by atoms with Crippen LogP contribution in [0.3, 0.4) is 0 Å². The average Bonchev–Trinajstić information content (AvgIpc) is 2.63. The number of carbonyl (C=O) groups excluding carboxylic acids is 1.